The molecule has 1 saturated heterocycles. The van der Waals surface area contributed by atoms with Crippen LogP contribution in [0.15, 0.2) is 47.9 Å². The topological polar surface area (TPSA) is 86.3 Å². The number of nitrogens with one attached hydrogen (secondary N) is 2. The second-order valence-electron chi connectivity index (χ2n) is 9.64. The lowest BCUT2D eigenvalue weighted by atomic mass is 9.96. The van der Waals surface area contributed by atoms with Gasteiger partial charge in [-0.1, -0.05) is 30.5 Å². The van der Waals surface area contributed by atoms with Crippen molar-refractivity contribution in [3.05, 3.63) is 64.8 Å². The Hall–Kier alpha value is -2.91. The zero-order valence-corrected chi connectivity index (χ0v) is 22.7. The van der Waals surface area contributed by atoms with E-state index >= 15 is 0 Å². The molecule has 2 N–H and O–H groups in total. The number of allylic oxidation sites excluding steroid dienone is 4. The van der Waals surface area contributed by atoms with Crippen molar-refractivity contribution in [2.24, 2.45) is 0 Å². The largest absolute Gasteiger partial charge is 0.336 e. The quantitative estimate of drug-likeness (QED) is 0.370. The van der Waals surface area contributed by atoms with Crippen LogP contribution in [-0.4, -0.2) is 55.5 Å². The van der Waals surface area contributed by atoms with Gasteiger partial charge in [-0.15, -0.1) is 0 Å². The Balaban J connectivity index is 1.36. The van der Waals surface area contributed by atoms with E-state index in [1.807, 2.05) is 30.3 Å². The van der Waals surface area contributed by atoms with Crippen molar-refractivity contribution in [3.8, 4) is 0 Å². The third-order valence-corrected chi connectivity index (χ3v) is 7.21. The van der Waals surface area contributed by atoms with Crippen LogP contribution in [-0.2, 0) is 13.1 Å². The van der Waals surface area contributed by atoms with Gasteiger partial charge in [0.2, 0.25) is 5.95 Å². The summed E-state index contributed by atoms with van der Waals surface area (Å²) in [5.41, 5.74) is 5.23. The molecule has 8 nitrogen and oxygen atoms in total. The highest BCUT2D eigenvalue weighted by Crippen LogP contribution is 2.30. The molecule has 2 aliphatic heterocycles. The molecule has 0 aliphatic carbocycles. The fourth-order valence-electron chi connectivity index (χ4n) is 5.10. The van der Waals surface area contributed by atoms with Crippen LogP contribution in [0.2, 0.25) is 0 Å². The maximum absolute atomic E-state index is 13.2. The number of pyridine rings is 1. The van der Waals surface area contributed by atoms with Crippen molar-refractivity contribution in [2.45, 2.75) is 72.1 Å². The van der Waals surface area contributed by atoms with Crippen molar-refractivity contribution in [3.63, 3.8) is 0 Å². The summed E-state index contributed by atoms with van der Waals surface area (Å²) >= 11 is 1.47. The third kappa shape index (κ3) is 6.25. The Morgan fingerprint density at radius 2 is 2.11 bits per heavy atom. The zero-order chi connectivity index (χ0) is 25.7. The number of carbonyl (C=O) groups is 1. The number of likely N-dealkylation sites (tertiary alicyclic amines) is 1. The Morgan fingerprint density at radius 1 is 1.28 bits per heavy atom. The van der Waals surface area contributed by atoms with E-state index in [0.29, 0.717) is 23.4 Å². The molecule has 0 saturated carbocycles. The molecule has 4 rings (SSSR count). The molecule has 36 heavy (non-hydrogen) atoms. The van der Waals surface area contributed by atoms with Crippen molar-refractivity contribution in [1.29, 1.82) is 0 Å². The fourth-order valence-corrected chi connectivity index (χ4v) is 5.42. The van der Waals surface area contributed by atoms with Crippen LogP contribution < -0.4 is 10.0 Å². The maximum Gasteiger partial charge on any atom is 0.254 e. The lowest BCUT2D eigenvalue weighted by molar-refractivity contribution is 0.0460. The van der Waals surface area contributed by atoms with Crippen molar-refractivity contribution < 1.29 is 4.79 Å². The van der Waals surface area contributed by atoms with Gasteiger partial charge in [-0.05, 0) is 58.2 Å². The minimum atomic E-state index is 0.0752. The summed E-state index contributed by atoms with van der Waals surface area (Å²) in [5.74, 6) is 1.43. The second kappa shape index (κ2) is 11.9. The predicted molar refractivity (Wildman–Crippen MR) is 148 cm³/mol. The number of aromatic nitrogens is 3. The number of piperidine rings is 1. The first-order valence-electron chi connectivity index (χ1n) is 12.6. The van der Waals surface area contributed by atoms with Gasteiger partial charge in [-0.3, -0.25) is 9.69 Å². The second-order valence-corrected chi connectivity index (χ2v) is 10.3. The molecule has 192 valence electrons. The number of fused-ring (bicyclic) bond motifs is 1. The number of rotatable bonds is 8. The van der Waals surface area contributed by atoms with Crippen LogP contribution in [0.4, 0.5) is 11.8 Å². The number of hydrogen-bond donors (Lipinski definition) is 2. The highest BCUT2D eigenvalue weighted by Gasteiger charge is 2.35. The van der Waals surface area contributed by atoms with Gasteiger partial charge in [0, 0.05) is 67.2 Å². The van der Waals surface area contributed by atoms with E-state index in [1.54, 1.807) is 12.3 Å². The molecule has 1 fully saturated rings. The molecular weight excluding hydrogens is 470 g/mol. The molecule has 2 aromatic heterocycles. The minimum absolute atomic E-state index is 0.0752. The number of amides is 1. The van der Waals surface area contributed by atoms with Gasteiger partial charge >= 0.3 is 0 Å². The standard InChI is InChI=1S/C27H37N7OS/c1-6-7-18(2)12-19(3)30-27-29-15-22-16-33(17-24(22)31-27)23-9-11-34(20(4)13-23)26(35)21-8-10-28-25(14-21)32-36-5/h7-8,10,12,14-15,20,23H,6,9,11,13,16-17H2,1-5H3,(H,28,32)(H,29,30,31)/b18-7-,19-12+/t20-,23-/m1/s1. The molecule has 2 aromatic rings. The highest BCUT2D eigenvalue weighted by atomic mass is 32.2. The Kier molecular flexibility index (Phi) is 8.64. The Labute approximate surface area is 218 Å². The van der Waals surface area contributed by atoms with Crippen molar-refractivity contribution in [1.82, 2.24) is 24.8 Å². The molecule has 0 unspecified atom stereocenters. The van der Waals surface area contributed by atoms with Crippen LogP contribution in [0.3, 0.4) is 0 Å². The average molecular weight is 508 g/mol. The monoisotopic (exact) mass is 507 g/mol. The molecule has 2 atom stereocenters. The summed E-state index contributed by atoms with van der Waals surface area (Å²) in [6, 6.07) is 4.22. The predicted octanol–water partition coefficient (Wildman–Crippen LogP) is 5.24. The molecule has 9 heteroatoms. The van der Waals surface area contributed by atoms with Crippen molar-refractivity contribution in [2.75, 3.05) is 22.8 Å². The summed E-state index contributed by atoms with van der Waals surface area (Å²) in [6.07, 6.45) is 12.8. The van der Waals surface area contributed by atoms with Gasteiger partial charge in [0.1, 0.15) is 5.82 Å². The molecule has 0 bridgehead atoms. The minimum Gasteiger partial charge on any atom is -0.336 e. The summed E-state index contributed by atoms with van der Waals surface area (Å²) in [6.45, 7) is 10.9. The highest BCUT2D eigenvalue weighted by molar-refractivity contribution is 7.99. The first-order chi connectivity index (χ1) is 17.4. The van der Waals surface area contributed by atoms with Crippen molar-refractivity contribution >= 4 is 29.6 Å². The van der Waals surface area contributed by atoms with Gasteiger partial charge in [0.25, 0.3) is 5.91 Å². The van der Waals surface area contributed by atoms with Crippen LogP contribution in [0, 0.1) is 0 Å². The molecule has 1 amide bonds. The summed E-state index contributed by atoms with van der Waals surface area (Å²) < 4.78 is 3.10. The summed E-state index contributed by atoms with van der Waals surface area (Å²) in [7, 11) is 0. The molecule has 0 spiro atoms. The maximum atomic E-state index is 13.2. The zero-order valence-electron chi connectivity index (χ0n) is 21.9. The lowest BCUT2D eigenvalue weighted by Gasteiger charge is -2.41. The number of hydrogen-bond acceptors (Lipinski definition) is 8. The lowest BCUT2D eigenvalue weighted by Crippen LogP contribution is -2.50. The van der Waals surface area contributed by atoms with Crippen LogP contribution in [0.25, 0.3) is 0 Å². The van der Waals surface area contributed by atoms with Crippen LogP contribution in [0.1, 0.15) is 68.6 Å². The Morgan fingerprint density at radius 3 is 2.86 bits per heavy atom. The van der Waals surface area contributed by atoms with Crippen LogP contribution in [0.5, 0.6) is 0 Å². The van der Waals surface area contributed by atoms with E-state index in [9.17, 15) is 4.79 Å². The number of carbonyl (C=O) groups excluding carboxylic acids is 1. The first-order valence-corrected chi connectivity index (χ1v) is 13.9. The van der Waals surface area contributed by atoms with E-state index in [0.717, 1.165) is 50.3 Å². The first kappa shape index (κ1) is 26.2. The normalized spacial score (nSPS) is 20.9. The van der Waals surface area contributed by atoms with Gasteiger partial charge in [-0.25, -0.2) is 15.0 Å². The molecule has 0 aromatic carbocycles. The molecule has 0 radical (unpaired) electrons. The van der Waals surface area contributed by atoms with E-state index in [2.05, 4.69) is 57.8 Å². The van der Waals surface area contributed by atoms with E-state index in [1.165, 1.54) is 23.1 Å². The third-order valence-electron chi connectivity index (χ3n) is 6.80. The Bertz CT molecular complexity index is 1150. The van der Waals surface area contributed by atoms with Gasteiger partial charge in [0.15, 0.2) is 0 Å². The smallest absolute Gasteiger partial charge is 0.254 e. The van der Waals surface area contributed by atoms with E-state index in [4.69, 9.17) is 4.98 Å². The van der Waals surface area contributed by atoms with E-state index < -0.39 is 0 Å². The van der Waals surface area contributed by atoms with Gasteiger partial charge in [0.05, 0.1) is 5.69 Å². The van der Waals surface area contributed by atoms with Crippen LogP contribution >= 0.6 is 11.9 Å². The van der Waals surface area contributed by atoms with E-state index in [-0.39, 0.29) is 11.9 Å². The fraction of sp³-hybridized carbons (Fsp3) is 0.481. The molecule has 4 heterocycles. The van der Waals surface area contributed by atoms with Gasteiger partial charge < -0.3 is 14.9 Å². The summed E-state index contributed by atoms with van der Waals surface area (Å²) in [4.78, 5) is 31.4. The SMILES string of the molecule is CC/C=C(C)\C=C(/C)Nc1ncc2c(n1)CN([C@@H]1CCN(C(=O)c3ccnc(NSC)c3)[C@H](C)C1)C2. The number of nitrogens with zero attached hydrogens (tertiary/aromatic N) is 5. The average Bonchev–Trinajstić information content (AvgIpc) is 3.27. The molecular formula is C27H37N7OS. The molecule has 2 aliphatic rings. The summed E-state index contributed by atoms with van der Waals surface area (Å²) in [5, 5.41) is 3.33. The van der Waals surface area contributed by atoms with Gasteiger partial charge in [-0.2, -0.15) is 0 Å². The number of anilines is 2.